The lowest BCUT2D eigenvalue weighted by Gasteiger charge is -2.35. The van der Waals surface area contributed by atoms with Gasteiger partial charge in [0.2, 0.25) is 0 Å². The summed E-state index contributed by atoms with van der Waals surface area (Å²) < 4.78 is 12.9. The van der Waals surface area contributed by atoms with Crippen LogP contribution in [0.4, 0.5) is 0 Å². The molecule has 1 saturated heterocycles. The maximum Gasteiger partial charge on any atom is 0.137 e. The molecule has 0 spiro atoms. The van der Waals surface area contributed by atoms with Crippen LogP contribution in [0.15, 0.2) is 21.1 Å². The molecular formula is C14H19Br2NO2. The monoisotopic (exact) mass is 391 g/mol. The fourth-order valence-corrected chi connectivity index (χ4v) is 3.76. The van der Waals surface area contributed by atoms with Crippen LogP contribution in [0, 0.1) is 0 Å². The van der Waals surface area contributed by atoms with Crippen LogP contribution < -0.4 is 10.1 Å². The number of hydrogen-bond acceptors (Lipinski definition) is 3. The minimum Gasteiger partial charge on any atom is -0.495 e. The van der Waals surface area contributed by atoms with E-state index in [4.69, 9.17) is 9.47 Å². The molecule has 0 unspecified atom stereocenters. The second-order valence-electron chi connectivity index (χ2n) is 5.11. The Labute approximate surface area is 131 Å². The molecule has 0 aliphatic carbocycles. The number of halogens is 2. The molecule has 1 aromatic rings. The molecule has 1 aromatic carbocycles. The zero-order valence-electron chi connectivity index (χ0n) is 11.3. The Hall–Kier alpha value is -0.100. The third kappa shape index (κ3) is 3.94. The SMILES string of the molecule is COc1c(Br)cc(Br)cc1CNC1(C)CCOCC1. The number of nitrogens with one attached hydrogen (secondary N) is 1. The van der Waals surface area contributed by atoms with Crippen molar-refractivity contribution in [1.29, 1.82) is 0 Å². The molecule has 1 aliphatic rings. The van der Waals surface area contributed by atoms with Crippen LogP contribution in [-0.4, -0.2) is 25.9 Å². The fourth-order valence-electron chi connectivity index (χ4n) is 2.28. The Morgan fingerprint density at radius 1 is 1.32 bits per heavy atom. The lowest BCUT2D eigenvalue weighted by atomic mass is 9.92. The van der Waals surface area contributed by atoms with E-state index >= 15 is 0 Å². The summed E-state index contributed by atoms with van der Waals surface area (Å²) in [6.45, 7) is 4.72. The van der Waals surface area contributed by atoms with Gasteiger partial charge in [0.15, 0.2) is 0 Å². The van der Waals surface area contributed by atoms with E-state index < -0.39 is 0 Å². The first-order valence-electron chi connectivity index (χ1n) is 6.39. The smallest absolute Gasteiger partial charge is 0.137 e. The van der Waals surface area contributed by atoms with Gasteiger partial charge in [-0.15, -0.1) is 0 Å². The average Bonchev–Trinajstić information content (AvgIpc) is 2.37. The third-order valence-electron chi connectivity index (χ3n) is 3.59. The van der Waals surface area contributed by atoms with Crippen LogP contribution in [0.25, 0.3) is 0 Å². The van der Waals surface area contributed by atoms with Gasteiger partial charge < -0.3 is 14.8 Å². The Kier molecular flexibility index (Phi) is 5.29. The summed E-state index contributed by atoms with van der Waals surface area (Å²) in [5.74, 6) is 0.895. The summed E-state index contributed by atoms with van der Waals surface area (Å²) in [7, 11) is 1.70. The molecule has 1 aliphatic heterocycles. The van der Waals surface area contributed by atoms with Crippen molar-refractivity contribution < 1.29 is 9.47 Å². The lowest BCUT2D eigenvalue weighted by Crippen LogP contribution is -2.46. The van der Waals surface area contributed by atoms with E-state index in [0.29, 0.717) is 0 Å². The molecule has 0 bridgehead atoms. The van der Waals surface area contributed by atoms with Gasteiger partial charge in [0.05, 0.1) is 11.6 Å². The zero-order valence-corrected chi connectivity index (χ0v) is 14.4. The Morgan fingerprint density at radius 3 is 2.63 bits per heavy atom. The van der Waals surface area contributed by atoms with Gasteiger partial charge in [-0.05, 0) is 47.8 Å². The minimum atomic E-state index is 0.151. The van der Waals surface area contributed by atoms with E-state index in [1.807, 2.05) is 6.07 Å². The fraction of sp³-hybridized carbons (Fsp3) is 0.571. The second-order valence-corrected chi connectivity index (χ2v) is 6.88. The maximum absolute atomic E-state index is 5.47. The third-order valence-corrected chi connectivity index (χ3v) is 4.64. The first-order chi connectivity index (χ1) is 9.04. The summed E-state index contributed by atoms with van der Waals surface area (Å²) in [5.41, 5.74) is 1.30. The molecule has 1 heterocycles. The van der Waals surface area contributed by atoms with Crippen molar-refractivity contribution in [3.05, 3.63) is 26.6 Å². The van der Waals surface area contributed by atoms with Gasteiger partial charge in [0.25, 0.3) is 0 Å². The van der Waals surface area contributed by atoms with Gasteiger partial charge in [-0.2, -0.15) is 0 Å². The highest BCUT2D eigenvalue weighted by atomic mass is 79.9. The normalized spacial score (nSPS) is 18.3. The van der Waals surface area contributed by atoms with Crippen LogP contribution in [0.3, 0.4) is 0 Å². The van der Waals surface area contributed by atoms with Crippen LogP contribution in [0.5, 0.6) is 5.75 Å². The molecule has 0 amide bonds. The summed E-state index contributed by atoms with van der Waals surface area (Å²) in [4.78, 5) is 0. The van der Waals surface area contributed by atoms with Crippen LogP contribution in [-0.2, 0) is 11.3 Å². The van der Waals surface area contributed by atoms with Crippen molar-refractivity contribution in [2.24, 2.45) is 0 Å². The molecule has 19 heavy (non-hydrogen) atoms. The number of ether oxygens (including phenoxy) is 2. The number of benzene rings is 1. The van der Waals surface area contributed by atoms with Crippen molar-refractivity contribution in [1.82, 2.24) is 5.32 Å². The first-order valence-corrected chi connectivity index (χ1v) is 7.97. The summed E-state index contributed by atoms with van der Waals surface area (Å²) in [6.07, 6.45) is 2.09. The molecule has 0 aromatic heterocycles. The van der Waals surface area contributed by atoms with E-state index in [2.05, 4.69) is 50.2 Å². The predicted octanol–water partition coefficient (Wildman–Crippen LogP) is 3.88. The van der Waals surface area contributed by atoms with Crippen molar-refractivity contribution in [2.75, 3.05) is 20.3 Å². The van der Waals surface area contributed by atoms with E-state index in [1.54, 1.807) is 7.11 Å². The molecule has 5 heteroatoms. The van der Waals surface area contributed by atoms with Gasteiger partial charge in [-0.1, -0.05) is 15.9 Å². The summed E-state index contributed by atoms with van der Waals surface area (Å²) in [5, 5.41) is 3.64. The van der Waals surface area contributed by atoms with Crippen molar-refractivity contribution >= 4 is 31.9 Å². The minimum absolute atomic E-state index is 0.151. The average molecular weight is 393 g/mol. The van der Waals surface area contributed by atoms with Gasteiger partial charge in [-0.3, -0.25) is 0 Å². The number of methoxy groups -OCH3 is 1. The molecule has 1 N–H and O–H groups in total. The standard InChI is InChI=1S/C14H19Br2NO2/c1-14(3-5-19-6-4-14)17-9-10-7-11(15)8-12(16)13(10)18-2/h7-8,17H,3-6,9H2,1-2H3. The van der Waals surface area contributed by atoms with Gasteiger partial charge >= 0.3 is 0 Å². The highest BCUT2D eigenvalue weighted by molar-refractivity contribution is 9.11. The van der Waals surface area contributed by atoms with Gasteiger partial charge in [0, 0.05) is 35.3 Å². The molecular weight excluding hydrogens is 374 g/mol. The molecule has 2 rings (SSSR count). The van der Waals surface area contributed by atoms with Crippen LogP contribution in [0.2, 0.25) is 0 Å². The van der Waals surface area contributed by atoms with Crippen LogP contribution in [0.1, 0.15) is 25.3 Å². The number of rotatable bonds is 4. The lowest BCUT2D eigenvalue weighted by molar-refractivity contribution is 0.0445. The Bertz CT molecular complexity index is 445. The van der Waals surface area contributed by atoms with Gasteiger partial charge in [-0.25, -0.2) is 0 Å². The highest BCUT2D eigenvalue weighted by Gasteiger charge is 2.26. The molecule has 0 saturated carbocycles. The quantitative estimate of drug-likeness (QED) is 0.843. The number of hydrogen-bond donors (Lipinski definition) is 1. The van der Waals surface area contributed by atoms with E-state index in [1.165, 1.54) is 0 Å². The largest absolute Gasteiger partial charge is 0.495 e. The predicted molar refractivity (Wildman–Crippen MR) is 83.7 cm³/mol. The van der Waals surface area contributed by atoms with E-state index in [9.17, 15) is 0 Å². The van der Waals surface area contributed by atoms with Crippen LogP contribution >= 0.6 is 31.9 Å². The van der Waals surface area contributed by atoms with E-state index in [-0.39, 0.29) is 5.54 Å². The summed E-state index contributed by atoms with van der Waals surface area (Å²) >= 11 is 7.06. The van der Waals surface area contributed by atoms with Crippen molar-refractivity contribution in [3.63, 3.8) is 0 Å². The molecule has 0 radical (unpaired) electrons. The molecule has 1 fully saturated rings. The molecule has 106 valence electrons. The Balaban J connectivity index is 2.10. The topological polar surface area (TPSA) is 30.5 Å². The Morgan fingerprint density at radius 2 is 2.00 bits per heavy atom. The van der Waals surface area contributed by atoms with E-state index in [0.717, 1.165) is 52.9 Å². The zero-order chi connectivity index (χ0) is 13.9. The summed E-state index contributed by atoms with van der Waals surface area (Å²) in [6, 6.07) is 4.10. The maximum atomic E-state index is 5.47. The highest BCUT2D eigenvalue weighted by Crippen LogP contribution is 2.33. The molecule has 3 nitrogen and oxygen atoms in total. The van der Waals surface area contributed by atoms with Gasteiger partial charge in [0.1, 0.15) is 5.75 Å². The first kappa shape index (κ1) is 15.3. The second kappa shape index (κ2) is 6.57. The molecule has 0 atom stereocenters. The van der Waals surface area contributed by atoms with Crippen molar-refractivity contribution in [2.45, 2.75) is 31.8 Å². The van der Waals surface area contributed by atoms with Crippen molar-refractivity contribution in [3.8, 4) is 5.75 Å².